The quantitative estimate of drug-likeness (QED) is 0.887. The molecule has 106 valence electrons. The fourth-order valence-corrected chi connectivity index (χ4v) is 2.28. The fourth-order valence-electron chi connectivity index (χ4n) is 2.28. The summed E-state index contributed by atoms with van der Waals surface area (Å²) >= 11 is 0. The van der Waals surface area contributed by atoms with Crippen molar-refractivity contribution in [1.29, 1.82) is 0 Å². The summed E-state index contributed by atoms with van der Waals surface area (Å²) in [5, 5.41) is 3.08. The number of anilines is 1. The third-order valence-corrected chi connectivity index (χ3v) is 3.48. The molecule has 1 unspecified atom stereocenters. The van der Waals surface area contributed by atoms with Crippen molar-refractivity contribution in [2.45, 2.75) is 18.1 Å². The average Bonchev–Trinajstić information content (AvgIpc) is 2.64. The lowest BCUT2D eigenvalue weighted by molar-refractivity contribution is -0.137. The Labute approximate surface area is 110 Å². The topological polar surface area (TPSA) is 41.3 Å². The van der Waals surface area contributed by atoms with Crippen LogP contribution in [0.1, 0.15) is 17.5 Å². The Morgan fingerprint density at radius 2 is 2.05 bits per heavy atom. The van der Waals surface area contributed by atoms with Crippen LogP contribution in [0.3, 0.4) is 0 Å². The molecule has 0 aromatic heterocycles. The Kier molecular flexibility index (Phi) is 3.49. The molecular weight excluding hydrogens is 255 g/mol. The van der Waals surface area contributed by atoms with Gasteiger partial charge >= 0.3 is 6.18 Å². The molecule has 1 heterocycles. The van der Waals surface area contributed by atoms with Crippen molar-refractivity contribution in [2.24, 2.45) is 5.73 Å². The van der Waals surface area contributed by atoms with Gasteiger partial charge in [0.15, 0.2) is 0 Å². The molecule has 1 aliphatic heterocycles. The summed E-state index contributed by atoms with van der Waals surface area (Å²) in [6, 6.07) is 3.72. The van der Waals surface area contributed by atoms with Gasteiger partial charge in [-0.15, -0.1) is 0 Å². The second-order valence-corrected chi connectivity index (χ2v) is 5.32. The molecule has 0 radical (unpaired) electrons. The van der Waals surface area contributed by atoms with E-state index in [-0.39, 0.29) is 0 Å². The van der Waals surface area contributed by atoms with E-state index in [0.717, 1.165) is 12.6 Å². The van der Waals surface area contributed by atoms with Crippen LogP contribution >= 0.6 is 0 Å². The van der Waals surface area contributed by atoms with Gasteiger partial charge in [-0.1, -0.05) is 0 Å². The maximum Gasteiger partial charge on any atom is 0.416 e. The minimum atomic E-state index is -4.33. The summed E-state index contributed by atoms with van der Waals surface area (Å²) in [6.07, 6.45) is -3.72. The number of alkyl halides is 3. The maximum atomic E-state index is 12.8. The molecule has 1 aromatic carbocycles. The van der Waals surface area contributed by atoms with Crippen molar-refractivity contribution >= 4 is 5.69 Å². The van der Waals surface area contributed by atoms with Crippen molar-refractivity contribution in [3.8, 4) is 0 Å². The number of halogens is 3. The molecule has 6 heteroatoms. The molecule has 0 fully saturated rings. The van der Waals surface area contributed by atoms with Crippen LogP contribution in [-0.4, -0.2) is 32.1 Å². The molecule has 0 spiro atoms. The third kappa shape index (κ3) is 2.84. The van der Waals surface area contributed by atoms with Crippen molar-refractivity contribution in [3.05, 3.63) is 29.3 Å². The van der Waals surface area contributed by atoms with Crippen LogP contribution in [0.2, 0.25) is 0 Å². The lowest BCUT2D eigenvalue weighted by atomic mass is 9.88. The molecule has 0 bridgehead atoms. The van der Waals surface area contributed by atoms with E-state index in [1.165, 1.54) is 12.1 Å². The third-order valence-electron chi connectivity index (χ3n) is 3.48. The molecule has 3 nitrogen and oxygen atoms in total. The van der Waals surface area contributed by atoms with Gasteiger partial charge in [-0.05, 0) is 50.8 Å². The molecule has 0 saturated carbocycles. The van der Waals surface area contributed by atoms with Crippen molar-refractivity contribution < 1.29 is 13.2 Å². The molecule has 0 amide bonds. The summed E-state index contributed by atoms with van der Waals surface area (Å²) in [5.41, 5.74) is 6.16. The molecular formula is C13H18F3N3. The van der Waals surface area contributed by atoms with E-state index in [0.29, 0.717) is 24.2 Å². The van der Waals surface area contributed by atoms with Gasteiger partial charge < -0.3 is 16.0 Å². The number of nitrogens with two attached hydrogens (primary N) is 1. The van der Waals surface area contributed by atoms with E-state index in [9.17, 15) is 13.2 Å². The van der Waals surface area contributed by atoms with Crippen LogP contribution in [0.4, 0.5) is 18.9 Å². The molecule has 0 aliphatic carbocycles. The van der Waals surface area contributed by atoms with Crippen LogP contribution in [0, 0.1) is 0 Å². The largest absolute Gasteiger partial charge is 0.416 e. The normalized spacial score (nSPS) is 22.5. The highest BCUT2D eigenvalue weighted by Crippen LogP contribution is 2.39. The first-order valence-electron chi connectivity index (χ1n) is 6.11. The Hall–Kier alpha value is -1.27. The smallest absolute Gasteiger partial charge is 0.383 e. The zero-order valence-corrected chi connectivity index (χ0v) is 11.0. The summed E-state index contributed by atoms with van der Waals surface area (Å²) in [5.74, 6) is 0. The number of fused-ring (bicyclic) bond motifs is 1. The summed E-state index contributed by atoms with van der Waals surface area (Å²) in [4.78, 5) is 1.97. The molecule has 19 heavy (non-hydrogen) atoms. The molecule has 0 saturated heterocycles. The number of rotatable bonds is 3. The fraction of sp³-hybridized carbons (Fsp3) is 0.538. The minimum absolute atomic E-state index is 0.470. The number of benzene rings is 1. The molecule has 1 atom stereocenters. The maximum absolute atomic E-state index is 12.8. The van der Waals surface area contributed by atoms with Gasteiger partial charge in [0.25, 0.3) is 0 Å². The van der Waals surface area contributed by atoms with Crippen molar-refractivity contribution in [1.82, 2.24) is 4.90 Å². The number of nitrogens with one attached hydrogen (secondary N) is 1. The van der Waals surface area contributed by atoms with Crippen LogP contribution < -0.4 is 11.1 Å². The number of hydrogen-bond acceptors (Lipinski definition) is 3. The summed E-state index contributed by atoms with van der Waals surface area (Å²) < 4.78 is 38.3. The Balaban J connectivity index is 2.32. The number of nitrogens with zero attached hydrogens (tertiary/aromatic N) is 1. The van der Waals surface area contributed by atoms with E-state index in [4.69, 9.17) is 5.73 Å². The monoisotopic (exact) mass is 273 g/mol. The highest BCUT2D eigenvalue weighted by Gasteiger charge is 2.38. The summed E-state index contributed by atoms with van der Waals surface area (Å²) in [7, 11) is 3.83. The second kappa shape index (κ2) is 4.68. The highest BCUT2D eigenvalue weighted by molar-refractivity contribution is 5.61. The first kappa shape index (κ1) is 14.1. The number of hydrogen-bond donors (Lipinski definition) is 2. The second-order valence-electron chi connectivity index (χ2n) is 5.32. The van der Waals surface area contributed by atoms with Gasteiger partial charge in [0.05, 0.1) is 11.1 Å². The Morgan fingerprint density at radius 1 is 1.37 bits per heavy atom. The SMILES string of the molecule is CN(C)CCC1(N)CNc2ccc(C(F)(F)F)cc21. The van der Waals surface area contributed by atoms with Crippen LogP contribution in [0.25, 0.3) is 0 Å². The van der Waals surface area contributed by atoms with Crippen LogP contribution in [0.15, 0.2) is 18.2 Å². The van der Waals surface area contributed by atoms with Crippen LogP contribution in [0.5, 0.6) is 0 Å². The van der Waals surface area contributed by atoms with E-state index in [1.54, 1.807) is 0 Å². The lowest BCUT2D eigenvalue weighted by Crippen LogP contribution is -2.41. The van der Waals surface area contributed by atoms with Crippen LogP contribution in [-0.2, 0) is 11.7 Å². The Morgan fingerprint density at radius 3 is 2.63 bits per heavy atom. The van der Waals surface area contributed by atoms with Gasteiger partial charge in [-0.3, -0.25) is 0 Å². The first-order chi connectivity index (χ1) is 8.72. The minimum Gasteiger partial charge on any atom is -0.383 e. The van der Waals surface area contributed by atoms with Crippen molar-refractivity contribution in [3.63, 3.8) is 0 Å². The first-order valence-corrected chi connectivity index (χ1v) is 6.11. The zero-order chi connectivity index (χ0) is 14.3. The Bertz CT molecular complexity index is 471. The summed E-state index contributed by atoms with van der Waals surface area (Å²) in [6.45, 7) is 1.20. The van der Waals surface area contributed by atoms with E-state index in [1.807, 2.05) is 19.0 Å². The van der Waals surface area contributed by atoms with Gasteiger partial charge in [0, 0.05) is 12.2 Å². The molecule has 3 N–H and O–H groups in total. The standard InChI is InChI=1S/C13H18F3N3/c1-19(2)6-5-12(17)8-18-11-4-3-9(7-10(11)12)13(14,15)16/h3-4,7,18H,5-6,8,17H2,1-2H3. The van der Waals surface area contributed by atoms with Gasteiger partial charge in [-0.2, -0.15) is 13.2 Å². The molecule has 1 aliphatic rings. The van der Waals surface area contributed by atoms with Gasteiger partial charge in [0.2, 0.25) is 0 Å². The van der Waals surface area contributed by atoms with Gasteiger partial charge in [0.1, 0.15) is 0 Å². The zero-order valence-electron chi connectivity index (χ0n) is 11.0. The molecule has 1 aromatic rings. The highest BCUT2D eigenvalue weighted by atomic mass is 19.4. The van der Waals surface area contributed by atoms with E-state index < -0.39 is 17.3 Å². The average molecular weight is 273 g/mol. The predicted molar refractivity (Wildman–Crippen MR) is 69.0 cm³/mol. The predicted octanol–water partition coefficient (Wildman–Crippen LogP) is 2.24. The van der Waals surface area contributed by atoms with Crippen molar-refractivity contribution in [2.75, 3.05) is 32.5 Å². The molecule has 2 rings (SSSR count). The van der Waals surface area contributed by atoms with E-state index >= 15 is 0 Å². The lowest BCUT2D eigenvalue weighted by Gasteiger charge is -2.26. The van der Waals surface area contributed by atoms with Gasteiger partial charge in [-0.25, -0.2) is 0 Å². The van der Waals surface area contributed by atoms with E-state index in [2.05, 4.69) is 5.32 Å².